The van der Waals surface area contributed by atoms with Crippen molar-refractivity contribution in [3.63, 3.8) is 0 Å². The molecule has 0 aliphatic carbocycles. The Morgan fingerprint density at radius 3 is 2.85 bits per heavy atom. The Kier molecular flexibility index (Phi) is 4.97. The highest BCUT2D eigenvalue weighted by Gasteiger charge is 2.10. The van der Waals surface area contributed by atoms with Crippen molar-refractivity contribution in [2.24, 2.45) is 0 Å². The van der Waals surface area contributed by atoms with Gasteiger partial charge in [-0.25, -0.2) is 4.98 Å². The summed E-state index contributed by atoms with van der Waals surface area (Å²) in [6, 6.07) is 5.30. The van der Waals surface area contributed by atoms with Crippen molar-refractivity contribution in [1.29, 1.82) is 0 Å². The third kappa shape index (κ3) is 3.49. The maximum absolute atomic E-state index is 11.7. The Morgan fingerprint density at radius 1 is 1.45 bits per heavy atom. The first kappa shape index (κ1) is 14.8. The van der Waals surface area contributed by atoms with Gasteiger partial charge in [-0.2, -0.15) is 4.37 Å². The molecule has 1 aromatic heterocycles. The highest BCUT2D eigenvalue weighted by molar-refractivity contribution is 8.01. The molecule has 0 saturated heterocycles. The number of nitrogens with one attached hydrogen (secondary N) is 1. The molecule has 106 valence electrons. The molecule has 0 spiro atoms. The number of rotatable bonds is 5. The lowest BCUT2D eigenvalue weighted by atomic mass is 10.2. The Bertz CT molecular complexity index is 612. The molecule has 0 bridgehead atoms. The van der Waals surface area contributed by atoms with E-state index in [0.29, 0.717) is 17.8 Å². The number of benzene rings is 1. The van der Waals surface area contributed by atoms with Gasteiger partial charge in [-0.15, -0.1) is 0 Å². The van der Waals surface area contributed by atoms with E-state index in [2.05, 4.69) is 14.7 Å². The van der Waals surface area contributed by atoms with Crippen molar-refractivity contribution >= 4 is 34.9 Å². The molecule has 5 nitrogen and oxygen atoms in total. The molecule has 2 aromatic rings. The molecule has 3 N–H and O–H groups in total. The molecule has 0 radical (unpaired) electrons. The number of nitrogens with two attached hydrogens (primary N) is 1. The highest BCUT2D eigenvalue weighted by Crippen LogP contribution is 2.33. The van der Waals surface area contributed by atoms with Crippen molar-refractivity contribution in [2.75, 3.05) is 12.3 Å². The number of aromatic nitrogens is 2. The predicted octanol–water partition coefficient (Wildman–Crippen LogP) is 2.58. The summed E-state index contributed by atoms with van der Waals surface area (Å²) in [5, 5.41) is 2.75. The number of amides is 1. The van der Waals surface area contributed by atoms with Crippen molar-refractivity contribution in [3.8, 4) is 0 Å². The summed E-state index contributed by atoms with van der Waals surface area (Å²) >= 11 is 2.84. The van der Waals surface area contributed by atoms with Crippen LogP contribution in [0.3, 0.4) is 0 Å². The van der Waals surface area contributed by atoms with Crippen LogP contribution >= 0.6 is 23.3 Å². The molecular formula is C13H16N4OS2. The molecule has 20 heavy (non-hydrogen) atoms. The minimum absolute atomic E-state index is 0.111. The third-order valence-electron chi connectivity index (χ3n) is 2.57. The molecule has 2 rings (SSSR count). The molecule has 1 heterocycles. The average molecular weight is 308 g/mol. The fourth-order valence-corrected chi connectivity index (χ4v) is 3.24. The molecule has 0 fully saturated rings. The maximum Gasteiger partial charge on any atom is 0.251 e. The molecule has 1 aromatic carbocycles. The SMILES string of the molecule is CCNC(=O)c1ccc(Sc2nc(CC)ns2)c(N)c1. The Balaban J connectivity index is 2.15. The van der Waals surface area contributed by atoms with Crippen LogP contribution in [0, 0.1) is 0 Å². The molecule has 0 saturated carbocycles. The number of hydrogen-bond acceptors (Lipinski definition) is 6. The van der Waals surface area contributed by atoms with Gasteiger partial charge in [0.25, 0.3) is 5.91 Å². The van der Waals surface area contributed by atoms with Gasteiger partial charge in [-0.05, 0) is 36.7 Å². The van der Waals surface area contributed by atoms with Crippen molar-refractivity contribution < 1.29 is 4.79 Å². The van der Waals surface area contributed by atoms with Crippen LogP contribution in [0.1, 0.15) is 30.0 Å². The zero-order chi connectivity index (χ0) is 14.5. The van der Waals surface area contributed by atoms with E-state index in [1.54, 1.807) is 12.1 Å². The van der Waals surface area contributed by atoms with E-state index in [0.717, 1.165) is 21.5 Å². The van der Waals surface area contributed by atoms with Crippen LogP contribution in [-0.4, -0.2) is 21.8 Å². The van der Waals surface area contributed by atoms with Gasteiger partial charge < -0.3 is 11.1 Å². The number of nitrogen functional groups attached to an aromatic ring is 1. The van der Waals surface area contributed by atoms with Crippen LogP contribution in [0.5, 0.6) is 0 Å². The molecular weight excluding hydrogens is 292 g/mol. The quantitative estimate of drug-likeness (QED) is 0.830. The summed E-state index contributed by atoms with van der Waals surface area (Å²) in [6.45, 7) is 4.50. The second kappa shape index (κ2) is 6.71. The molecule has 0 atom stereocenters. The number of nitrogens with zero attached hydrogens (tertiary/aromatic N) is 2. The van der Waals surface area contributed by atoms with E-state index >= 15 is 0 Å². The maximum atomic E-state index is 11.7. The van der Waals surface area contributed by atoms with Gasteiger partial charge in [0.2, 0.25) is 0 Å². The highest BCUT2D eigenvalue weighted by atomic mass is 32.2. The molecule has 0 unspecified atom stereocenters. The van der Waals surface area contributed by atoms with Gasteiger partial charge in [0, 0.05) is 29.1 Å². The van der Waals surface area contributed by atoms with Gasteiger partial charge in [-0.1, -0.05) is 18.7 Å². The number of anilines is 1. The van der Waals surface area contributed by atoms with E-state index in [1.165, 1.54) is 23.3 Å². The molecule has 7 heteroatoms. The van der Waals surface area contributed by atoms with Crippen LogP contribution in [0.15, 0.2) is 27.4 Å². The van der Waals surface area contributed by atoms with E-state index in [1.807, 2.05) is 19.9 Å². The largest absolute Gasteiger partial charge is 0.398 e. The first-order valence-corrected chi connectivity index (χ1v) is 7.91. The lowest BCUT2D eigenvalue weighted by molar-refractivity contribution is 0.0956. The van der Waals surface area contributed by atoms with E-state index in [-0.39, 0.29) is 5.91 Å². The van der Waals surface area contributed by atoms with E-state index < -0.39 is 0 Å². The Hall–Kier alpha value is -1.60. The van der Waals surface area contributed by atoms with Crippen LogP contribution in [0.25, 0.3) is 0 Å². The minimum Gasteiger partial charge on any atom is -0.398 e. The van der Waals surface area contributed by atoms with Crippen LogP contribution in [-0.2, 0) is 6.42 Å². The summed E-state index contributed by atoms with van der Waals surface area (Å²) in [6.07, 6.45) is 0.822. The number of hydrogen-bond donors (Lipinski definition) is 2. The predicted molar refractivity (Wildman–Crippen MR) is 82.3 cm³/mol. The molecule has 0 aliphatic heterocycles. The van der Waals surface area contributed by atoms with E-state index in [4.69, 9.17) is 5.73 Å². The van der Waals surface area contributed by atoms with Crippen molar-refractivity contribution in [1.82, 2.24) is 14.7 Å². The van der Waals surface area contributed by atoms with Crippen LogP contribution < -0.4 is 11.1 Å². The third-order valence-corrected chi connectivity index (χ3v) is 4.45. The standard InChI is InChI=1S/C13H16N4OS2/c1-3-11-16-13(20-17-11)19-10-6-5-8(7-9(10)14)12(18)15-4-2/h5-7H,3-4,14H2,1-2H3,(H,15,18). The number of aryl methyl sites for hydroxylation is 1. The van der Waals surface area contributed by atoms with Gasteiger partial charge >= 0.3 is 0 Å². The zero-order valence-corrected chi connectivity index (χ0v) is 13.0. The average Bonchev–Trinajstić information content (AvgIpc) is 2.89. The van der Waals surface area contributed by atoms with Crippen molar-refractivity contribution in [3.05, 3.63) is 29.6 Å². The summed E-state index contributed by atoms with van der Waals surface area (Å²) < 4.78 is 5.10. The monoisotopic (exact) mass is 308 g/mol. The van der Waals surface area contributed by atoms with Gasteiger partial charge in [-0.3, -0.25) is 4.79 Å². The number of carbonyl (C=O) groups excluding carboxylic acids is 1. The first-order chi connectivity index (χ1) is 9.63. The smallest absolute Gasteiger partial charge is 0.251 e. The lowest BCUT2D eigenvalue weighted by Crippen LogP contribution is -2.22. The molecule has 1 amide bonds. The summed E-state index contributed by atoms with van der Waals surface area (Å²) in [7, 11) is 0. The van der Waals surface area contributed by atoms with Crippen LogP contribution in [0.2, 0.25) is 0 Å². The van der Waals surface area contributed by atoms with Crippen LogP contribution in [0.4, 0.5) is 5.69 Å². The Morgan fingerprint density at radius 2 is 2.25 bits per heavy atom. The fourth-order valence-electron chi connectivity index (χ4n) is 1.56. The van der Waals surface area contributed by atoms with Gasteiger partial charge in [0.15, 0.2) is 4.34 Å². The summed E-state index contributed by atoms with van der Waals surface area (Å²) in [4.78, 5) is 17.0. The normalized spacial score (nSPS) is 10.5. The van der Waals surface area contributed by atoms with Gasteiger partial charge in [0.1, 0.15) is 5.82 Å². The fraction of sp³-hybridized carbons (Fsp3) is 0.308. The summed E-state index contributed by atoms with van der Waals surface area (Å²) in [5.41, 5.74) is 7.14. The second-order valence-corrected chi connectivity index (χ2v) is 6.09. The first-order valence-electron chi connectivity index (χ1n) is 6.32. The molecule has 0 aliphatic rings. The number of carbonyl (C=O) groups is 1. The minimum atomic E-state index is -0.111. The lowest BCUT2D eigenvalue weighted by Gasteiger charge is -2.06. The van der Waals surface area contributed by atoms with Gasteiger partial charge in [0.05, 0.1) is 0 Å². The summed E-state index contributed by atoms with van der Waals surface area (Å²) in [5.74, 6) is 0.731. The Labute approximate surface area is 126 Å². The van der Waals surface area contributed by atoms with E-state index in [9.17, 15) is 4.79 Å². The second-order valence-electron chi connectivity index (χ2n) is 4.04. The van der Waals surface area contributed by atoms with Crippen molar-refractivity contribution in [2.45, 2.75) is 29.5 Å². The zero-order valence-electron chi connectivity index (χ0n) is 11.3. The topological polar surface area (TPSA) is 80.9 Å².